The van der Waals surface area contributed by atoms with Gasteiger partial charge in [0.25, 0.3) is 0 Å². The predicted molar refractivity (Wildman–Crippen MR) is 81.5 cm³/mol. The highest BCUT2D eigenvalue weighted by Crippen LogP contribution is 2.26. The lowest BCUT2D eigenvalue weighted by Gasteiger charge is -2.17. The normalized spacial score (nSPS) is 11.9. The Hall–Kier alpha value is -0.890. The largest absolute Gasteiger partial charge is 0.398 e. The molecular formula is C12H13BrN2O2S2. The average molecular weight is 361 g/mol. The minimum atomic E-state index is -3.57. The molecule has 0 aliphatic carbocycles. The monoisotopic (exact) mass is 360 g/mol. The molecule has 0 fully saturated rings. The Balaban J connectivity index is 2.31. The SMILES string of the molecule is CN(Cc1ccsc1)S(=O)(=O)c1ccc(Br)cc1N. The van der Waals surface area contributed by atoms with E-state index >= 15 is 0 Å². The highest BCUT2D eigenvalue weighted by atomic mass is 79.9. The Morgan fingerprint density at radius 1 is 1.37 bits per heavy atom. The lowest BCUT2D eigenvalue weighted by molar-refractivity contribution is 0.467. The second-order valence-electron chi connectivity index (χ2n) is 4.07. The second-order valence-corrected chi connectivity index (χ2v) is 7.78. The van der Waals surface area contributed by atoms with E-state index in [1.165, 1.54) is 10.4 Å². The van der Waals surface area contributed by atoms with Crippen molar-refractivity contribution in [3.63, 3.8) is 0 Å². The van der Waals surface area contributed by atoms with Gasteiger partial charge >= 0.3 is 0 Å². The maximum atomic E-state index is 12.4. The fraction of sp³-hybridized carbons (Fsp3) is 0.167. The third-order valence-corrected chi connectivity index (χ3v) is 5.75. The molecule has 0 saturated carbocycles. The molecule has 19 heavy (non-hydrogen) atoms. The number of hydrogen-bond acceptors (Lipinski definition) is 4. The maximum absolute atomic E-state index is 12.4. The lowest BCUT2D eigenvalue weighted by atomic mass is 10.3. The molecule has 0 saturated heterocycles. The number of hydrogen-bond donors (Lipinski definition) is 1. The second kappa shape index (κ2) is 5.62. The molecule has 0 amide bonds. The number of sulfonamides is 1. The molecule has 4 nitrogen and oxygen atoms in total. The molecule has 0 bridgehead atoms. The summed E-state index contributed by atoms with van der Waals surface area (Å²) in [6, 6.07) is 6.67. The number of nitrogens with zero attached hydrogens (tertiary/aromatic N) is 1. The molecule has 2 N–H and O–H groups in total. The molecule has 7 heteroatoms. The topological polar surface area (TPSA) is 63.4 Å². The highest BCUT2D eigenvalue weighted by molar-refractivity contribution is 9.10. The van der Waals surface area contributed by atoms with Crippen LogP contribution in [0.5, 0.6) is 0 Å². The number of nitrogen functional groups attached to an aromatic ring is 1. The van der Waals surface area contributed by atoms with Crippen molar-refractivity contribution in [3.05, 3.63) is 45.1 Å². The molecular weight excluding hydrogens is 348 g/mol. The smallest absolute Gasteiger partial charge is 0.245 e. The van der Waals surface area contributed by atoms with Gasteiger partial charge in [0.05, 0.1) is 5.69 Å². The van der Waals surface area contributed by atoms with Gasteiger partial charge in [0.15, 0.2) is 0 Å². The van der Waals surface area contributed by atoms with Crippen molar-refractivity contribution in [3.8, 4) is 0 Å². The Morgan fingerprint density at radius 3 is 2.68 bits per heavy atom. The van der Waals surface area contributed by atoms with E-state index in [0.717, 1.165) is 10.0 Å². The van der Waals surface area contributed by atoms with Crippen LogP contribution in [-0.4, -0.2) is 19.8 Å². The van der Waals surface area contributed by atoms with Gasteiger partial charge in [-0.25, -0.2) is 8.42 Å². The summed E-state index contributed by atoms with van der Waals surface area (Å²) in [6.07, 6.45) is 0. The maximum Gasteiger partial charge on any atom is 0.245 e. The molecule has 1 aromatic heterocycles. The van der Waals surface area contributed by atoms with Gasteiger partial charge < -0.3 is 5.73 Å². The van der Waals surface area contributed by atoms with E-state index in [-0.39, 0.29) is 10.6 Å². The van der Waals surface area contributed by atoms with Crippen LogP contribution in [0.2, 0.25) is 0 Å². The first-order valence-electron chi connectivity index (χ1n) is 5.43. The van der Waals surface area contributed by atoms with Gasteiger partial charge in [-0.2, -0.15) is 15.6 Å². The highest BCUT2D eigenvalue weighted by Gasteiger charge is 2.23. The molecule has 0 aliphatic heterocycles. The fourth-order valence-corrected chi connectivity index (χ4v) is 3.94. The molecule has 0 unspecified atom stereocenters. The summed E-state index contributed by atoms with van der Waals surface area (Å²) in [6.45, 7) is 0.335. The van der Waals surface area contributed by atoms with Gasteiger partial charge in [-0.05, 0) is 40.6 Å². The third-order valence-electron chi connectivity index (χ3n) is 2.65. The van der Waals surface area contributed by atoms with Crippen LogP contribution >= 0.6 is 27.3 Å². The van der Waals surface area contributed by atoms with Crippen molar-refractivity contribution in [1.29, 1.82) is 0 Å². The Morgan fingerprint density at radius 2 is 2.11 bits per heavy atom. The van der Waals surface area contributed by atoms with E-state index in [2.05, 4.69) is 15.9 Å². The van der Waals surface area contributed by atoms with Crippen molar-refractivity contribution in [2.45, 2.75) is 11.4 Å². The van der Waals surface area contributed by atoms with Gasteiger partial charge in [0.1, 0.15) is 4.90 Å². The van der Waals surface area contributed by atoms with Gasteiger partial charge in [-0.3, -0.25) is 0 Å². The number of nitrogens with two attached hydrogens (primary N) is 1. The van der Waals surface area contributed by atoms with Crippen molar-refractivity contribution >= 4 is 43.0 Å². The molecule has 2 rings (SSSR count). The first-order chi connectivity index (χ1) is 8.91. The molecule has 1 aromatic carbocycles. The van der Waals surface area contributed by atoms with Gasteiger partial charge in [-0.15, -0.1) is 0 Å². The van der Waals surface area contributed by atoms with Crippen molar-refractivity contribution in [2.75, 3.05) is 12.8 Å². The number of halogens is 1. The molecule has 0 spiro atoms. The Labute approximate surface area is 125 Å². The zero-order chi connectivity index (χ0) is 14.0. The van der Waals surface area contributed by atoms with Crippen LogP contribution in [0, 0.1) is 0 Å². The van der Waals surface area contributed by atoms with Gasteiger partial charge in [0, 0.05) is 18.1 Å². The zero-order valence-electron chi connectivity index (χ0n) is 10.2. The standard InChI is InChI=1S/C12H13BrN2O2S2/c1-15(7-9-4-5-18-8-9)19(16,17)12-3-2-10(13)6-11(12)14/h2-6,8H,7,14H2,1H3. The van der Waals surface area contributed by atoms with Crippen LogP contribution in [0.15, 0.2) is 44.4 Å². The molecule has 1 heterocycles. The van der Waals surface area contributed by atoms with Crippen molar-refractivity contribution < 1.29 is 8.42 Å². The predicted octanol–water partition coefficient (Wildman–Crippen LogP) is 2.91. The first-order valence-corrected chi connectivity index (χ1v) is 8.61. The molecule has 0 atom stereocenters. The summed E-state index contributed by atoms with van der Waals surface area (Å²) in [5.74, 6) is 0. The van der Waals surface area contributed by atoms with Crippen LogP contribution in [-0.2, 0) is 16.6 Å². The minimum Gasteiger partial charge on any atom is -0.398 e. The quantitative estimate of drug-likeness (QED) is 0.852. The van der Waals surface area contributed by atoms with Crippen molar-refractivity contribution in [1.82, 2.24) is 4.31 Å². The molecule has 0 aliphatic rings. The van der Waals surface area contributed by atoms with Crippen LogP contribution < -0.4 is 5.73 Å². The van der Waals surface area contributed by atoms with E-state index in [1.54, 1.807) is 30.5 Å². The number of rotatable bonds is 4. The van der Waals surface area contributed by atoms with E-state index < -0.39 is 10.0 Å². The number of anilines is 1. The van der Waals surface area contributed by atoms with E-state index in [9.17, 15) is 8.42 Å². The summed E-state index contributed by atoms with van der Waals surface area (Å²) in [4.78, 5) is 0.133. The van der Waals surface area contributed by atoms with Gasteiger partial charge in [0.2, 0.25) is 10.0 Å². The summed E-state index contributed by atoms with van der Waals surface area (Å²) in [5.41, 5.74) is 6.99. The first kappa shape index (κ1) is 14.5. The number of thiophene rings is 1. The Kier molecular flexibility index (Phi) is 4.29. The summed E-state index contributed by atoms with van der Waals surface area (Å²) in [7, 11) is -2.02. The summed E-state index contributed by atoms with van der Waals surface area (Å²) >= 11 is 4.80. The van der Waals surface area contributed by atoms with Crippen LogP contribution in [0.4, 0.5) is 5.69 Å². The number of benzene rings is 1. The minimum absolute atomic E-state index is 0.133. The molecule has 2 aromatic rings. The van der Waals surface area contributed by atoms with Crippen molar-refractivity contribution in [2.24, 2.45) is 0 Å². The zero-order valence-corrected chi connectivity index (χ0v) is 13.4. The lowest BCUT2D eigenvalue weighted by Crippen LogP contribution is -2.27. The van der Waals surface area contributed by atoms with E-state index in [0.29, 0.717) is 6.54 Å². The van der Waals surface area contributed by atoms with Crippen LogP contribution in [0.25, 0.3) is 0 Å². The van der Waals surface area contributed by atoms with Gasteiger partial charge in [-0.1, -0.05) is 15.9 Å². The molecule has 0 radical (unpaired) electrons. The summed E-state index contributed by atoms with van der Waals surface area (Å²) in [5, 5.41) is 3.85. The fourth-order valence-electron chi connectivity index (χ4n) is 1.65. The average Bonchev–Trinajstić information content (AvgIpc) is 2.81. The van der Waals surface area contributed by atoms with Crippen LogP contribution in [0.1, 0.15) is 5.56 Å². The summed E-state index contributed by atoms with van der Waals surface area (Å²) < 4.78 is 26.9. The molecule has 102 valence electrons. The van der Waals surface area contributed by atoms with Crippen LogP contribution in [0.3, 0.4) is 0 Å². The van der Waals surface area contributed by atoms with E-state index in [4.69, 9.17) is 5.73 Å². The third kappa shape index (κ3) is 3.17. The van der Waals surface area contributed by atoms with E-state index in [1.807, 2.05) is 16.8 Å². The Bertz CT molecular complexity index is 669.